The normalized spacial score (nSPS) is 14.5. The summed E-state index contributed by atoms with van der Waals surface area (Å²) in [7, 11) is 0. The summed E-state index contributed by atoms with van der Waals surface area (Å²) in [5.74, 6) is 0.341. The first-order chi connectivity index (χ1) is 6.81. The Morgan fingerprint density at radius 1 is 1.36 bits per heavy atom. The monoisotopic (exact) mass is 193 g/mol. The van der Waals surface area contributed by atoms with Crippen LogP contribution in [0, 0.1) is 0 Å². The predicted octanol–water partition coefficient (Wildman–Crippen LogP) is 1.14. The van der Waals surface area contributed by atoms with Gasteiger partial charge < -0.3 is 15.1 Å². The fourth-order valence-corrected chi connectivity index (χ4v) is 1.95. The van der Waals surface area contributed by atoms with Crippen LogP contribution < -0.4 is 4.90 Å². The van der Waals surface area contributed by atoms with Gasteiger partial charge in [0.1, 0.15) is 5.75 Å². The Bertz CT molecular complexity index is 325. The first-order valence-electron chi connectivity index (χ1n) is 4.99. The lowest BCUT2D eigenvalue weighted by atomic mass is 10.1. The Morgan fingerprint density at radius 3 is 3.00 bits per heavy atom. The van der Waals surface area contributed by atoms with Crippen LogP contribution in [0.4, 0.5) is 5.69 Å². The average Bonchev–Trinajstić information content (AvgIpc) is 2.57. The number of phenols is 1. The minimum atomic E-state index is 0.240. The third kappa shape index (κ3) is 1.68. The summed E-state index contributed by atoms with van der Waals surface area (Å²) >= 11 is 0. The highest BCUT2D eigenvalue weighted by Gasteiger charge is 2.18. The van der Waals surface area contributed by atoms with Gasteiger partial charge in [0.05, 0.1) is 0 Å². The lowest BCUT2D eigenvalue weighted by Crippen LogP contribution is -2.22. The highest BCUT2D eigenvalue weighted by molar-refractivity contribution is 5.59. The second-order valence-corrected chi connectivity index (χ2v) is 3.63. The van der Waals surface area contributed by atoms with E-state index in [4.69, 9.17) is 5.11 Å². The zero-order chi connectivity index (χ0) is 9.97. The molecule has 3 heteroatoms. The summed E-state index contributed by atoms with van der Waals surface area (Å²) in [5.41, 5.74) is 2.42. The van der Waals surface area contributed by atoms with E-state index >= 15 is 0 Å². The van der Waals surface area contributed by atoms with Crippen LogP contribution in [0.1, 0.15) is 12.0 Å². The van der Waals surface area contributed by atoms with E-state index in [0.29, 0.717) is 5.75 Å². The maximum Gasteiger partial charge on any atom is 0.116 e. The van der Waals surface area contributed by atoms with Gasteiger partial charge in [-0.25, -0.2) is 0 Å². The van der Waals surface area contributed by atoms with Crippen molar-refractivity contribution in [3.8, 4) is 5.75 Å². The van der Waals surface area contributed by atoms with E-state index in [0.717, 1.165) is 25.9 Å². The van der Waals surface area contributed by atoms with E-state index in [-0.39, 0.29) is 6.61 Å². The number of hydrogen-bond acceptors (Lipinski definition) is 3. The van der Waals surface area contributed by atoms with Crippen LogP contribution in [0.3, 0.4) is 0 Å². The molecular weight excluding hydrogens is 178 g/mol. The summed E-state index contributed by atoms with van der Waals surface area (Å²) in [6.07, 6.45) is 1.80. The fraction of sp³-hybridized carbons (Fsp3) is 0.455. The van der Waals surface area contributed by atoms with E-state index in [1.165, 1.54) is 11.3 Å². The summed E-state index contributed by atoms with van der Waals surface area (Å²) in [6.45, 7) is 2.14. The van der Waals surface area contributed by atoms with Gasteiger partial charge in [0, 0.05) is 25.4 Å². The lowest BCUT2D eigenvalue weighted by Gasteiger charge is -2.18. The van der Waals surface area contributed by atoms with E-state index in [2.05, 4.69) is 4.90 Å². The number of phenolic OH excluding ortho intramolecular Hbond substituents is 1. The van der Waals surface area contributed by atoms with Crippen molar-refractivity contribution in [2.45, 2.75) is 12.8 Å². The molecule has 2 N–H and O–H groups in total. The van der Waals surface area contributed by atoms with Crippen molar-refractivity contribution in [2.24, 2.45) is 0 Å². The molecule has 0 spiro atoms. The highest BCUT2D eigenvalue weighted by atomic mass is 16.3. The Hall–Kier alpha value is -1.22. The molecule has 14 heavy (non-hydrogen) atoms. The van der Waals surface area contributed by atoms with Gasteiger partial charge in [-0.15, -0.1) is 0 Å². The number of aliphatic hydroxyl groups excluding tert-OH is 1. The van der Waals surface area contributed by atoms with Crippen LogP contribution in [-0.2, 0) is 6.42 Å². The van der Waals surface area contributed by atoms with Gasteiger partial charge in [-0.2, -0.15) is 0 Å². The molecular formula is C11H15NO2. The Kier molecular flexibility index (Phi) is 2.59. The molecule has 2 rings (SSSR count). The number of nitrogens with zero attached hydrogens (tertiary/aromatic N) is 1. The Morgan fingerprint density at radius 2 is 2.21 bits per heavy atom. The molecule has 0 atom stereocenters. The maximum atomic E-state index is 9.30. The van der Waals surface area contributed by atoms with Gasteiger partial charge in [0.25, 0.3) is 0 Å². The van der Waals surface area contributed by atoms with Gasteiger partial charge in [-0.1, -0.05) is 0 Å². The van der Waals surface area contributed by atoms with Crippen LogP contribution in [0.15, 0.2) is 18.2 Å². The zero-order valence-electron chi connectivity index (χ0n) is 8.11. The molecule has 0 amide bonds. The number of rotatable bonds is 3. The molecule has 0 unspecified atom stereocenters. The van der Waals surface area contributed by atoms with Crippen molar-refractivity contribution in [3.63, 3.8) is 0 Å². The largest absolute Gasteiger partial charge is 0.508 e. The smallest absolute Gasteiger partial charge is 0.116 e. The number of fused-ring (bicyclic) bond motifs is 1. The van der Waals surface area contributed by atoms with Crippen molar-refractivity contribution in [1.82, 2.24) is 0 Å². The van der Waals surface area contributed by atoms with Gasteiger partial charge >= 0.3 is 0 Å². The number of hydrogen-bond donors (Lipinski definition) is 2. The lowest BCUT2D eigenvalue weighted by molar-refractivity contribution is 0.290. The second-order valence-electron chi connectivity index (χ2n) is 3.63. The minimum absolute atomic E-state index is 0.240. The SMILES string of the molecule is OCCCN1CCc2cc(O)ccc21. The van der Waals surface area contributed by atoms with Gasteiger partial charge in [0.15, 0.2) is 0 Å². The van der Waals surface area contributed by atoms with Crippen molar-refractivity contribution >= 4 is 5.69 Å². The molecule has 0 aromatic heterocycles. The molecule has 0 aliphatic carbocycles. The van der Waals surface area contributed by atoms with Gasteiger partial charge in [0.2, 0.25) is 0 Å². The zero-order valence-corrected chi connectivity index (χ0v) is 8.11. The number of anilines is 1. The molecule has 0 radical (unpaired) electrons. The molecule has 1 aromatic rings. The molecule has 3 nitrogen and oxygen atoms in total. The molecule has 0 bridgehead atoms. The van der Waals surface area contributed by atoms with Crippen molar-refractivity contribution in [1.29, 1.82) is 0 Å². The summed E-state index contributed by atoms with van der Waals surface area (Å²) < 4.78 is 0. The topological polar surface area (TPSA) is 43.7 Å². The summed E-state index contributed by atoms with van der Waals surface area (Å²) in [4.78, 5) is 2.25. The molecule has 1 aliphatic rings. The quantitative estimate of drug-likeness (QED) is 0.756. The molecule has 1 heterocycles. The van der Waals surface area contributed by atoms with Crippen LogP contribution in [0.2, 0.25) is 0 Å². The van der Waals surface area contributed by atoms with Gasteiger partial charge in [-0.05, 0) is 36.6 Å². The average molecular weight is 193 g/mol. The number of benzene rings is 1. The first kappa shape index (κ1) is 9.34. The van der Waals surface area contributed by atoms with Crippen LogP contribution in [0.25, 0.3) is 0 Å². The predicted molar refractivity (Wildman–Crippen MR) is 55.7 cm³/mol. The van der Waals surface area contributed by atoms with E-state index < -0.39 is 0 Å². The Balaban J connectivity index is 2.14. The molecule has 1 aromatic carbocycles. The number of aliphatic hydroxyl groups is 1. The fourth-order valence-electron chi connectivity index (χ4n) is 1.95. The summed E-state index contributed by atoms with van der Waals surface area (Å²) in [6, 6.07) is 5.50. The van der Waals surface area contributed by atoms with Crippen molar-refractivity contribution < 1.29 is 10.2 Å². The first-order valence-corrected chi connectivity index (χ1v) is 4.99. The molecule has 76 valence electrons. The van der Waals surface area contributed by atoms with Crippen LogP contribution in [0.5, 0.6) is 5.75 Å². The van der Waals surface area contributed by atoms with E-state index in [9.17, 15) is 5.11 Å². The van der Waals surface area contributed by atoms with Crippen LogP contribution in [-0.4, -0.2) is 29.9 Å². The maximum absolute atomic E-state index is 9.30. The molecule has 0 saturated carbocycles. The van der Waals surface area contributed by atoms with Crippen LogP contribution >= 0.6 is 0 Å². The highest BCUT2D eigenvalue weighted by Crippen LogP contribution is 2.30. The number of aromatic hydroxyl groups is 1. The molecule has 1 aliphatic heterocycles. The van der Waals surface area contributed by atoms with Gasteiger partial charge in [-0.3, -0.25) is 0 Å². The minimum Gasteiger partial charge on any atom is -0.508 e. The third-order valence-electron chi connectivity index (χ3n) is 2.64. The second kappa shape index (κ2) is 3.88. The van der Waals surface area contributed by atoms with E-state index in [1.54, 1.807) is 6.07 Å². The van der Waals surface area contributed by atoms with Crippen molar-refractivity contribution in [2.75, 3.05) is 24.6 Å². The summed E-state index contributed by atoms with van der Waals surface area (Å²) in [5, 5.41) is 18.1. The van der Waals surface area contributed by atoms with E-state index in [1.807, 2.05) is 12.1 Å². The van der Waals surface area contributed by atoms with Crippen molar-refractivity contribution in [3.05, 3.63) is 23.8 Å². The molecule has 0 saturated heterocycles. The standard InChI is InChI=1S/C11H15NO2/c13-7-1-5-12-6-4-9-8-10(14)2-3-11(9)12/h2-3,8,13-14H,1,4-7H2. The Labute approximate surface area is 83.6 Å². The molecule has 0 fully saturated rings. The third-order valence-corrected chi connectivity index (χ3v) is 2.64.